The highest BCUT2D eigenvalue weighted by molar-refractivity contribution is 5.84. The van der Waals surface area contributed by atoms with Crippen LogP contribution < -0.4 is 11.1 Å². The van der Waals surface area contributed by atoms with E-state index in [1.54, 1.807) is 18.9 Å². The lowest BCUT2D eigenvalue weighted by Gasteiger charge is -2.40. The lowest BCUT2D eigenvalue weighted by molar-refractivity contribution is -0.188. The summed E-state index contributed by atoms with van der Waals surface area (Å²) in [6.45, 7) is 4.16. The second kappa shape index (κ2) is 6.30. The van der Waals surface area contributed by atoms with Gasteiger partial charge in [0.25, 0.3) is 0 Å². The Morgan fingerprint density at radius 1 is 1.50 bits per heavy atom. The zero-order valence-electron chi connectivity index (χ0n) is 12.3. The predicted octanol–water partition coefficient (Wildman–Crippen LogP) is 1.50. The summed E-state index contributed by atoms with van der Waals surface area (Å²) < 4.78 is 38.4. The fourth-order valence-corrected chi connectivity index (χ4v) is 2.72. The van der Waals surface area contributed by atoms with Gasteiger partial charge in [0.15, 0.2) is 0 Å². The average Bonchev–Trinajstić information content (AvgIpc) is 2.37. The average molecular weight is 295 g/mol. The van der Waals surface area contributed by atoms with Gasteiger partial charge in [-0.15, -0.1) is 0 Å². The maximum atomic E-state index is 12.8. The number of hydrogen-bond donors (Lipinski definition) is 2. The number of amides is 1. The maximum absolute atomic E-state index is 12.8. The van der Waals surface area contributed by atoms with Gasteiger partial charge in [-0.1, -0.05) is 0 Å². The van der Waals surface area contributed by atoms with Crippen molar-refractivity contribution in [2.45, 2.75) is 50.9 Å². The number of primary amides is 1. The highest BCUT2D eigenvalue weighted by atomic mass is 19.4. The van der Waals surface area contributed by atoms with Crippen molar-refractivity contribution >= 4 is 5.91 Å². The van der Waals surface area contributed by atoms with Gasteiger partial charge in [0.05, 0.1) is 11.5 Å². The number of nitrogens with two attached hydrogens (primary N) is 1. The monoisotopic (exact) mass is 295 g/mol. The Morgan fingerprint density at radius 3 is 2.55 bits per heavy atom. The number of likely N-dealkylation sites (tertiary alicyclic amines) is 1. The fraction of sp³-hybridized carbons (Fsp3) is 0.923. The Bertz CT molecular complexity index is 348. The van der Waals surface area contributed by atoms with Crippen LogP contribution in [-0.4, -0.2) is 48.7 Å². The van der Waals surface area contributed by atoms with Crippen LogP contribution in [0.4, 0.5) is 13.2 Å². The molecule has 118 valence electrons. The number of rotatable bonds is 5. The number of piperidine rings is 1. The number of alkyl halides is 3. The molecule has 1 heterocycles. The van der Waals surface area contributed by atoms with Crippen molar-refractivity contribution in [2.24, 2.45) is 11.7 Å². The smallest absolute Gasteiger partial charge is 0.368 e. The van der Waals surface area contributed by atoms with Crippen molar-refractivity contribution in [2.75, 3.05) is 20.1 Å². The van der Waals surface area contributed by atoms with Crippen molar-refractivity contribution in [3.05, 3.63) is 0 Å². The molecule has 3 unspecified atom stereocenters. The molecule has 1 saturated heterocycles. The summed E-state index contributed by atoms with van der Waals surface area (Å²) in [5.41, 5.74) is 4.46. The van der Waals surface area contributed by atoms with Gasteiger partial charge in [0, 0.05) is 12.6 Å². The Balaban J connectivity index is 2.68. The Kier molecular flexibility index (Phi) is 5.43. The third kappa shape index (κ3) is 4.09. The third-order valence-electron chi connectivity index (χ3n) is 4.34. The standard InChI is InChI=1S/C13H24F3N3O/c1-9(7-12(2,18-3)11(17)20)19-6-4-5-10(8-19)13(14,15)16/h9-10,18H,4-8H2,1-3H3,(H2,17,20). The van der Waals surface area contributed by atoms with Gasteiger partial charge < -0.3 is 11.1 Å². The lowest BCUT2D eigenvalue weighted by atomic mass is 9.90. The molecule has 4 nitrogen and oxygen atoms in total. The summed E-state index contributed by atoms with van der Waals surface area (Å²) in [7, 11) is 1.63. The van der Waals surface area contributed by atoms with Crippen LogP contribution in [0, 0.1) is 5.92 Å². The molecule has 1 aliphatic rings. The van der Waals surface area contributed by atoms with Crippen LogP contribution in [0.3, 0.4) is 0 Å². The molecule has 0 aliphatic carbocycles. The minimum atomic E-state index is -4.14. The topological polar surface area (TPSA) is 58.4 Å². The van der Waals surface area contributed by atoms with Crippen molar-refractivity contribution in [3.8, 4) is 0 Å². The first-order valence-corrected chi connectivity index (χ1v) is 6.89. The summed E-state index contributed by atoms with van der Waals surface area (Å²) in [5, 5.41) is 2.87. The molecule has 1 rings (SSSR count). The van der Waals surface area contributed by atoms with E-state index >= 15 is 0 Å². The number of nitrogens with one attached hydrogen (secondary N) is 1. The largest absolute Gasteiger partial charge is 0.393 e. The lowest BCUT2D eigenvalue weighted by Crippen LogP contribution is -2.56. The molecule has 0 spiro atoms. The van der Waals surface area contributed by atoms with Gasteiger partial charge in [-0.05, 0) is 46.7 Å². The van der Waals surface area contributed by atoms with Crippen LogP contribution in [0.5, 0.6) is 0 Å². The summed E-state index contributed by atoms with van der Waals surface area (Å²) >= 11 is 0. The van der Waals surface area contributed by atoms with Crippen molar-refractivity contribution < 1.29 is 18.0 Å². The van der Waals surface area contributed by atoms with Crippen LogP contribution in [0.2, 0.25) is 0 Å². The van der Waals surface area contributed by atoms with Gasteiger partial charge in [-0.25, -0.2) is 0 Å². The molecule has 0 radical (unpaired) electrons. The minimum Gasteiger partial charge on any atom is -0.368 e. The van der Waals surface area contributed by atoms with E-state index in [1.807, 2.05) is 6.92 Å². The van der Waals surface area contributed by atoms with Gasteiger partial charge in [0.2, 0.25) is 5.91 Å². The molecule has 3 N–H and O–H groups in total. The number of nitrogens with zero attached hydrogens (tertiary/aromatic N) is 1. The first-order valence-electron chi connectivity index (χ1n) is 6.89. The molecule has 0 bridgehead atoms. The molecule has 1 aliphatic heterocycles. The van der Waals surface area contributed by atoms with E-state index in [9.17, 15) is 18.0 Å². The second-order valence-electron chi connectivity index (χ2n) is 5.88. The van der Waals surface area contributed by atoms with E-state index in [1.165, 1.54) is 0 Å². The van der Waals surface area contributed by atoms with Gasteiger partial charge >= 0.3 is 6.18 Å². The summed E-state index contributed by atoms with van der Waals surface area (Å²) in [5.74, 6) is -1.76. The molecule has 1 amide bonds. The van der Waals surface area contributed by atoms with E-state index < -0.39 is 23.5 Å². The first kappa shape index (κ1) is 17.2. The van der Waals surface area contributed by atoms with E-state index in [2.05, 4.69) is 5.32 Å². The summed E-state index contributed by atoms with van der Waals surface area (Å²) in [6.07, 6.45) is -3.04. The van der Waals surface area contributed by atoms with Crippen LogP contribution in [-0.2, 0) is 4.79 Å². The van der Waals surface area contributed by atoms with Gasteiger partial charge in [0.1, 0.15) is 0 Å². The Labute approximate surface area is 117 Å². The van der Waals surface area contributed by atoms with E-state index in [4.69, 9.17) is 5.73 Å². The highest BCUT2D eigenvalue weighted by Gasteiger charge is 2.43. The first-order chi connectivity index (χ1) is 9.10. The van der Waals surface area contributed by atoms with Gasteiger partial charge in [-0.3, -0.25) is 9.69 Å². The molecule has 7 heteroatoms. The molecule has 1 fully saturated rings. The van der Waals surface area contributed by atoms with E-state index in [0.717, 1.165) is 0 Å². The van der Waals surface area contributed by atoms with Crippen LogP contribution in [0.1, 0.15) is 33.1 Å². The number of carbonyl (C=O) groups is 1. The Hall–Kier alpha value is -0.820. The number of carbonyl (C=O) groups excluding carboxylic acids is 1. The normalized spacial score (nSPS) is 26.0. The second-order valence-corrected chi connectivity index (χ2v) is 5.88. The van der Waals surface area contributed by atoms with Crippen molar-refractivity contribution in [1.29, 1.82) is 0 Å². The van der Waals surface area contributed by atoms with Crippen LogP contribution >= 0.6 is 0 Å². The molecular formula is C13H24F3N3O. The zero-order valence-corrected chi connectivity index (χ0v) is 12.3. The SMILES string of the molecule is CNC(C)(CC(C)N1CCCC(C(F)(F)F)C1)C(N)=O. The van der Waals surface area contributed by atoms with Crippen molar-refractivity contribution in [1.82, 2.24) is 10.2 Å². The minimum absolute atomic E-state index is 0.00320. The molecule has 0 aromatic heterocycles. The number of likely N-dealkylation sites (N-methyl/N-ethyl adjacent to an activating group) is 1. The zero-order chi connectivity index (χ0) is 15.6. The molecule has 0 saturated carbocycles. The fourth-order valence-electron chi connectivity index (χ4n) is 2.72. The highest BCUT2D eigenvalue weighted by Crippen LogP contribution is 2.34. The number of hydrogen-bond acceptors (Lipinski definition) is 3. The van der Waals surface area contributed by atoms with E-state index in [0.29, 0.717) is 19.4 Å². The van der Waals surface area contributed by atoms with Crippen molar-refractivity contribution in [3.63, 3.8) is 0 Å². The summed E-state index contributed by atoms with van der Waals surface area (Å²) in [4.78, 5) is 13.3. The Morgan fingerprint density at radius 2 is 2.10 bits per heavy atom. The third-order valence-corrected chi connectivity index (χ3v) is 4.34. The molecule has 20 heavy (non-hydrogen) atoms. The number of halogens is 3. The van der Waals surface area contributed by atoms with Crippen LogP contribution in [0.25, 0.3) is 0 Å². The summed E-state index contributed by atoms with van der Waals surface area (Å²) in [6, 6.07) is -0.134. The van der Waals surface area contributed by atoms with E-state index in [-0.39, 0.29) is 19.0 Å². The molecule has 3 atom stereocenters. The molecular weight excluding hydrogens is 271 g/mol. The van der Waals surface area contributed by atoms with Gasteiger partial charge in [-0.2, -0.15) is 13.2 Å². The van der Waals surface area contributed by atoms with Crippen LogP contribution in [0.15, 0.2) is 0 Å². The molecule has 0 aromatic carbocycles. The quantitative estimate of drug-likeness (QED) is 0.808. The predicted molar refractivity (Wildman–Crippen MR) is 71.1 cm³/mol. The maximum Gasteiger partial charge on any atom is 0.393 e. The molecule has 0 aromatic rings.